The van der Waals surface area contributed by atoms with E-state index in [-0.39, 0.29) is 17.9 Å². The fourth-order valence-electron chi connectivity index (χ4n) is 4.41. The van der Waals surface area contributed by atoms with Crippen molar-refractivity contribution in [3.05, 3.63) is 88.6 Å². The summed E-state index contributed by atoms with van der Waals surface area (Å²) in [6, 6.07) is 20.2. The summed E-state index contributed by atoms with van der Waals surface area (Å²) in [5.74, 6) is -0.116. The molecule has 1 amide bonds. The zero-order valence-corrected chi connectivity index (χ0v) is 21.6. The number of anilines is 1. The van der Waals surface area contributed by atoms with Gasteiger partial charge in [-0.05, 0) is 44.4 Å². The minimum absolute atomic E-state index is 0.104. The number of carbonyl (C=O) groups excluding carboxylic acids is 1. The summed E-state index contributed by atoms with van der Waals surface area (Å²) in [7, 11) is 0. The summed E-state index contributed by atoms with van der Waals surface area (Å²) in [5, 5.41) is 18.2. The highest BCUT2D eigenvalue weighted by Gasteiger charge is 2.22. The quantitative estimate of drug-likeness (QED) is 0.273. The molecule has 7 nitrogen and oxygen atoms in total. The number of hydrogen-bond acceptors (Lipinski definition) is 6. The molecule has 8 heteroatoms. The van der Waals surface area contributed by atoms with Crippen molar-refractivity contribution in [3.63, 3.8) is 0 Å². The van der Waals surface area contributed by atoms with Crippen LogP contribution < -0.4 is 5.32 Å². The van der Waals surface area contributed by atoms with Gasteiger partial charge in [0, 0.05) is 17.5 Å². The summed E-state index contributed by atoms with van der Waals surface area (Å²) in [6.07, 6.45) is 2.61. The molecular weight excluding hydrogens is 468 g/mol. The maximum Gasteiger partial charge on any atom is 0.258 e. The van der Waals surface area contributed by atoms with E-state index in [9.17, 15) is 4.79 Å². The number of benzene rings is 2. The second-order valence-electron chi connectivity index (χ2n) is 9.06. The monoisotopic (exact) mass is 496 g/mol. The first-order valence-corrected chi connectivity index (χ1v) is 12.9. The number of aromatic nitrogens is 5. The molecule has 3 aromatic heterocycles. The lowest BCUT2D eigenvalue weighted by molar-refractivity contribution is 0.102. The highest BCUT2D eigenvalue weighted by molar-refractivity contribution is 7.15. The molecule has 2 aromatic carbocycles. The van der Waals surface area contributed by atoms with Crippen LogP contribution in [0.15, 0.2) is 66.9 Å². The lowest BCUT2D eigenvalue weighted by atomic mass is 9.97. The van der Waals surface area contributed by atoms with Crippen molar-refractivity contribution in [1.82, 2.24) is 25.0 Å². The number of rotatable bonds is 7. The van der Waals surface area contributed by atoms with Crippen molar-refractivity contribution >= 4 is 33.4 Å². The van der Waals surface area contributed by atoms with Gasteiger partial charge in [-0.1, -0.05) is 72.9 Å². The molecule has 0 fully saturated rings. The number of nitrogens with zero attached hydrogens (tertiary/aromatic N) is 5. The van der Waals surface area contributed by atoms with Crippen LogP contribution in [-0.2, 0) is 0 Å². The molecule has 0 aliphatic carbocycles. The third kappa shape index (κ3) is 4.52. The first kappa shape index (κ1) is 23.8. The van der Waals surface area contributed by atoms with Crippen LogP contribution in [0.25, 0.3) is 22.3 Å². The Morgan fingerprint density at radius 3 is 2.53 bits per heavy atom. The second kappa shape index (κ2) is 9.99. The van der Waals surface area contributed by atoms with Crippen LogP contribution in [0.2, 0.25) is 0 Å². The Kier molecular flexibility index (Phi) is 6.61. The molecule has 0 saturated heterocycles. The van der Waals surface area contributed by atoms with Gasteiger partial charge in [0.2, 0.25) is 5.13 Å². The molecule has 0 radical (unpaired) electrons. The van der Waals surface area contributed by atoms with Crippen LogP contribution in [0, 0.1) is 6.92 Å². The van der Waals surface area contributed by atoms with Crippen LogP contribution in [0.1, 0.15) is 65.6 Å². The van der Waals surface area contributed by atoms with Gasteiger partial charge in [-0.25, -0.2) is 9.67 Å². The summed E-state index contributed by atoms with van der Waals surface area (Å²) < 4.78 is 1.85. The Balaban J connectivity index is 1.51. The minimum atomic E-state index is -0.254. The van der Waals surface area contributed by atoms with Gasteiger partial charge in [0.25, 0.3) is 5.91 Å². The third-order valence-corrected chi connectivity index (χ3v) is 7.24. The van der Waals surface area contributed by atoms with E-state index in [0.29, 0.717) is 21.7 Å². The van der Waals surface area contributed by atoms with Gasteiger partial charge in [0.15, 0.2) is 5.65 Å². The Morgan fingerprint density at radius 2 is 1.81 bits per heavy atom. The van der Waals surface area contributed by atoms with E-state index < -0.39 is 0 Å². The van der Waals surface area contributed by atoms with E-state index >= 15 is 0 Å². The smallest absolute Gasteiger partial charge is 0.258 e. The number of aryl methyl sites for hydroxylation is 1. The van der Waals surface area contributed by atoms with Crippen molar-refractivity contribution in [1.29, 1.82) is 0 Å². The van der Waals surface area contributed by atoms with Gasteiger partial charge in [-0.3, -0.25) is 10.1 Å². The first-order chi connectivity index (χ1) is 17.5. The molecule has 182 valence electrons. The summed E-state index contributed by atoms with van der Waals surface area (Å²) >= 11 is 1.41. The van der Waals surface area contributed by atoms with Crippen molar-refractivity contribution in [2.24, 2.45) is 0 Å². The Morgan fingerprint density at radius 1 is 1.06 bits per heavy atom. The van der Waals surface area contributed by atoms with E-state index in [2.05, 4.69) is 39.7 Å². The molecular formula is C28H28N6OS. The average Bonchev–Trinajstić information content (AvgIpc) is 3.52. The molecule has 36 heavy (non-hydrogen) atoms. The van der Waals surface area contributed by atoms with Gasteiger partial charge in [-0.2, -0.15) is 5.10 Å². The topological polar surface area (TPSA) is 85.6 Å². The fourth-order valence-corrected chi connectivity index (χ4v) is 5.36. The van der Waals surface area contributed by atoms with Crippen LogP contribution >= 0.6 is 11.3 Å². The Hall–Kier alpha value is -3.91. The molecule has 5 rings (SSSR count). The zero-order chi connectivity index (χ0) is 25.2. The van der Waals surface area contributed by atoms with E-state index in [1.54, 1.807) is 6.20 Å². The lowest BCUT2D eigenvalue weighted by Gasteiger charge is -2.12. The van der Waals surface area contributed by atoms with Gasteiger partial charge >= 0.3 is 0 Å². The summed E-state index contributed by atoms with van der Waals surface area (Å²) in [6.45, 7) is 8.27. The van der Waals surface area contributed by atoms with Crippen molar-refractivity contribution in [3.8, 4) is 11.3 Å². The molecule has 1 unspecified atom stereocenters. The van der Waals surface area contributed by atoms with Gasteiger partial charge in [0.1, 0.15) is 5.01 Å². The largest absolute Gasteiger partial charge is 0.296 e. The third-order valence-electron chi connectivity index (χ3n) is 6.29. The molecule has 0 aliphatic heterocycles. The van der Waals surface area contributed by atoms with E-state index in [1.165, 1.54) is 16.9 Å². The minimum Gasteiger partial charge on any atom is -0.296 e. The van der Waals surface area contributed by atoms with Crippen LogP contribution in [0.5, 0.6) is 0 Å². The second-order valence-corrected chi connectivity index (χ2v) is 10.1. The number of amides is 1. The maximum atomic E-state index is 13.6. The van der Waals surface area contributed by atoms with Crippen molar-refractivity contribution in [2.75, 3.05) is 5.32 Å². The van der Waals surface area contributed by atoms with Crippen molar-refractivity contribution < 1.29 is 4.79 Å². The van der Waals surface area contributed by atoms with Crippen LogP contribution in [0.4, 0.5) is 5.13 Å². The average molecular weight is 497 g/mol. The molecule has 5 aromatic rings. The van der Waals surface area contributed by atoms with E-state index in [4.69, 9.17) is 4.98 Å². The number of carbonyl (C=O) groups is 1. The molecule has 0 bridgehead atoms. The normalized spacial score (nSPS) is 12.2. The number of fused-ring (bicyclic) bond motifs is 1. The maximum absolute atomic E-state index is 13.6. The van der Waals surface area contributed by atoms with Crippen molar-refractivity contribution in [2.45, 2.75) is 46.1 Å². The molecule has 3 heterocycles. The first-order valence-electron chi connectivity index (χ1n) is 12.1. The summed E-state index contributed by atoms with van der Waals surface area (Å²) in [4.78, 5) is 18.5. The molecule has 1 N–H and O–H groups in total. The zero-order valence-electron chi connectivity index (χ0n) is 20.8. The SMILES string of the molecule is CCC(c1ccccc1)c1nnc(NC(=O)c2cc(-c3ccccc3C)nc3c2cnn3C(C)C)s1. The van der Waals surface area contributed by atoms with E-state index in [0.717, 1.165) is 28.2 Å². The number of hydrogen-bond donors (Lipinski definition) is 1. The van der Waals surface area contributed by atoms with Gasteiger partial charge < -0.3 is 0 Å². The number of nitrogens with one attached hydrogen (secondary N) is 1. The summed E-state index contributed by atoms with van der Waals surface area (Å²) in [5.41, 5.74) is 5.19. The van der Waals surface area contributed by atoms with Crippen LogP contribution in [0.3, 0.4) is 0 Å². The molecule has 0 aliphatic rings. The fraction of sp³-hybridized carbons (Fsp3) is 0.250. The van der Waals surface area contributed by atoms with E-state index in [1.807, 2.05) is 74.0 Å². The van der Waals surface area contributed by atoms with Gasteiger partial charge in [0.05, 0.1) is 22.8 Å². The predicted octanol–water partition coefficient (Wildman–Crippen LogP) is 6.63. The van der Waals surface area contributed by atoms with Crippen LogP contribution in [-0.4, -0.2) is 30.9 Å². The molecule has 1 atom stereocenters. The highest BCUT2D eigenvalue weighted by atomic mass is 32.1. The van der Waals surface area contributed by atoms with Gasteiger partial charge in [-0.15, -0.1) is 10.2 Å². The standard InChI is InChI=1S/C28H28N6OS/c1-5-20(19-12-7-6-8-13-19)27-32-33-28(36-27)31-26(35)22-15-24(21-14-10-9-11-18(21)4)30-25-23(22)16-29-34(25)17(2)3/h6-17,20H,5H2,1-4H3,(H,31,33,35). The predicted molar refractivity (Wildman–Crippen MR) is 145 cm³/mol. The lowest BCUT2D eigenvalue weighted by Crippen LogP contribution is -2.13. The Labute approximate surface area is 214 Å². The highest BCUT2D eigenvalue weighted by Crippen LogP contribution is 2.33. The Bertz CT molecular complexity index is 1520. The molecule has 0 saturated carbocycles. The molecule has 0 spiro atoms. The number of pyridine rings is 1.